The molecule has 2 amide bonds. The van der Waals surface area contributed by atoms with Gasteiger partial charge in [-0.3, -0.25) is 14.9 Å². The molecule has 8 nitrogen and oxygen atoms in total. The van der Waals surface area contributed by atoms with E-state index in [1.807, 2.05) is 6.07 Å². The molecule has 3 rings (SSSR count). The molecular weight excluding hydrogens is 427 g/mol. The number of hydrogen-bond acceptors (Lipinski definition) is 5. The van der Waals surface area contributed by atoms with Crippen molar-refractivity contribution >= 4 is 22.7 Å². The number of ether oxygens (including phenoxy) is 1. The van der Waals surface area contributed by atoms with Crippen LogP contribution in [0.3, 0.4) is 0 Å². The summed E-state index contributed by atoms with van der Waals surface area (Å²) in [6.45, 7) is 0.241. The highest BCUT2D eigenvalue weighted by molar-refractivity contribution is 5.99. The zero-order valence-corrected chi connectivity index (χ0v) is 17.4. The summed E-state index contributed by atoms with van der Waals surface area (Å²) >= 11 is 0. The van der Waals surface area contributed by atoms with Gasteiger partial charge in [0, 0.05) is 29.9 Å². The summed E-state index contributed by atoms with van der Waals surface area (Å²) in [5.74, 6) is -0.701. The second-order valence-corrected chi connectivity index (χ2v) is 7.70. The SMILES string of the molecule is COc1cccc2[nH]c(C(=O)NC(CNC(C#N)CC3CCNC3=O)CC(F)(F)F)cc12. The van der Waals surface area contributed by atoms with Crippen molar-refractivity contribution in [1.29, 1.82) is 5.26 Å². The normalized spacial score (nSPS) is 18.1. The van der Waals surface area contributed by atoms with Crippen molar-refractivity contribution in [2.45, 2.75) is 37.5 Å². The average molecular weight is 451 g/mol. The molecule has 3 atom stereocenters. The van der Waals surface area contributed by atoms with E-state index in [-0.39, 0.29) is 30.5 Å². The van der Waals surface area contributed by atoms with Crippen LogP contribution in [0.4, 0.5) is 13.2 Å². The summed E-state index contributed by atoms with van der Waals surface area (Å²) in [6.07, 6.45) is -5.02. The van der Waals surface area contributed by atoms with Gasteiger partial charge in [-0.25, -0.2) is 0 Å². The summed E-state index contributed by atoms with van der Waals surface area (Å²) in [5.41, 5.74) is 0.704. The quantitative estimate of drug-likeness (QED) is 0.466. The Balaban J connectivity index is 1.68. The Hall–Kier alpha value is -3.26. The van der Waals surface area contributed by atoms with Gasteiger partial charge in [-0.1, -0.05) is 6.07 Å². The van der Waals surface area contributed by atoms with Crippen LogP contribution in [0.2, 0.25) is 0 Å². The number of amides is 2. The second kappa shape index (κ2) is 9.91. The number of carbonyl (C=O) groups is 2. The van der Waals surface area contributed by atoms with E-state index in [0.29, 0.717) is 29.6 Å². The van der Waals surface area contributed by atoms with Crippen molar-refractivity contribution in [2.24, 2.45) is 5.92 Å². The number of aromatic amines is 1. The van der Waals surface area contributed by atoms with Gasteiger partial charge in [0.1, 0.15) is 11.4 Å². The van der Waals surface area contributed by atoms with Crippen molar-refractivity contribution in [1.82, 2.24) is 20.9 Å². The van der Waals surface area contributed by atoms with Crippen LogP contribution in [0.25, 0.3) is 10.9 Å². The Bertz CT molecular complexity index is 1010. The number of fused-ring (bicyclic) bond motifs is 1. The molecule has 1 saturated heterocycles. The van der Waals surface area contributed by atoms with Crippen LogP contribution in [0, 0.1) is 17.2 Å². The standard InChI is InChI=1S/C21H24F3N5O3/c1-32-18-4-2-3-16-15(18)8-17(29-16)20(31)28-14(9-21(22,23)24)11-27-13(10-25)7-12-5-6-26-19(12)30/h2-4,8,12-14,27,29H,5-7,9,11H2,1H3,(H,26,30)(H,28,31). The van der Waals surface area contributed by atoms with Gasteiger partial charge in [0.15, 0.2) is 0 Å². The predicted molar refractivity (Wildman–Crippen MR) is 110 cm³/mol. The van der Waals surface area contributed by atoms with E-state index >= 15 is 0 Å². The molecule has 3 unspecified atom stereocenters. The minimum absolute atomic E-state index is 0.0936. The van der Waals surface area contributed by atoms with Crippen LogP contribution in [-0.4, -0.2) is 55.3 Å². The van der Waals surface area contributed by atoms with E-state index < -0.39 is 30.6 Å². The molecule has 11 heteroatoms. The summed E-state index contributed by atoms with van der Waals surface area (Å²) in [6, 6.07) is 6.53. The van der Waals surface area contributed by atoms with Crippen LogP contribution in [0.15, 0.2) is 24.3 Å². The Morgan fingerprint density at radius 1 is 1.41 bits per heavy atom. The highest BCUT2D eigenvalue weighted by atomic mass is 19.4. The number of carbonyl (C=O) groups excluding carboxylic acids is 2. The number of H-pyrrole nitrogens is 1. The number of rotatable bonds is 9. The molecule has 172 valence electrons. The summed E-state index contributed by atoms with van der Waals surface area (Å²) < 4.78 is 44.5. The van der Waals surface area contributed by atoms with E-state index in [9.17, 15) is 28.0 Å². The fourth-order valence-corrected chi connectivity index (χ4v) is 3.77. The van der Waals surface area contributed by atoms with Crippen LogP contribution < -0.4 is 20.7 Å². The lowest BCUT2D eigenvalue weighted by Crippen LogP contribution is -2.47. The molecule has 0 saturated carbocycles. The third kappa shape index (κ3) is 5.91. The summed E-state index contributed by atoms with van der Waals surface area (Å²) in [4.78, 5) is 27.2. The van der Waals surface area contributed by atoms with E-state index in [1.54, 1.807) is 18.2 Å². The maximum absolute atomic E-state index is 13.1. The van der Waals surface area contributed by atoms with Crippen LogP contribution in [0.5, 0.6) is 5.75 Å². The largest absolute Gasteiger partial charge is 0.496 e. The number of nitriles is 1. The first-order valence-corrected chi connectivity index (χ1v) is 10.1. The molecule has 1 aliphatic heterocycles. The van der Waals surface area contributed by atoms with Gasteiger partial charge in [0.05, 0.1) is 31.7 Å². The van der Waals surface area contributed by atoms with E-state index in [4.69, 9.17) is 4.74 Å². The minimum atomic E-state index is -4.52. The number of alkyl halides is 3. The average Bonchev–Trinajstić information content (AvgIpc) is 3.35. The highest BCUT2D eigenvalue weighted by Crippen LogP contribution is 2.26. The fourth-order valence-electron chi connectivity index (χ4n) is 3.77. The fraction of sp³-hybridized carbons (Fsp3) is 0.476. The van der Waals surface area contributed by atoms with Crippen LogP contribution in [-0.2, 0) is 4.79 Å². The first-order chi connectivity index (χ1) is 15.2. The molecule has 1 aromatic heterocycles. The molecule has 0 aliphatic carbocycles. The number of nitrogens with zero attached hydrogens (tertiary/aromatic N) is 1. The summed E-state index contributed by atoms with van der Waals surface area (Å²) in [7, 11) is 1.48. The van der Waals surface area contributed by atoms with Gasteiger partial charge in [-0.15, -0.1) is 0 Å². The maximum Gasteiger partial charge on any atom is 0.391 e. The van der Waals surface area contributed by atoms with Gasteiger partial charge >= 0.3 is 6.18 Å². The van der Waals surface area contributed by atoms with E-state index in [2.05, 4.69) is 20.9 Å². The van der Waals surface area contributed by atoms with Gasteiger partial charge in [0.2, 0.25) is 5.91 Å². The Morgan fingerprint density at radius 2 is 2.19 bits per heavy atom. The third-order valence-electron chi connectivity index (χ3n) is 5.35. The smallest absolute Gasteiger partial charge is 0.391 e. The molecule has 1 fully saturated rings. The molecule has 1 aromatic carbocycles. The highest BCUT2D eigenvalue weighted by Gasteiger charge is 2.34. The molecular formula is C21H24F3N5O3. The minimum Gasteiger partial charge on any atom is -0.496 e. The van der Waals surface area contributed by atoms with Crippen molar-refractivity contribution in [2.75, 3.05) is 20.2 Å². The van der Waals surface area contributed by atoms with Gasteiger partial charge in [-0.05, 0) is 31.0 Å². The molecule has 2 heterocycles. The lowest BCUT2D eigenvalue weighted by molar-refractivity contribution is -0.139. The number of benzene rings is 1. The Morgan fingerprint density at radius 3 is 2.81 bits per heavy atom. The van der Waals surface area contributed by atoms with Gasteiger partial charge in [0.25, 0.3) is 5.91 Å². The van der Waals surface area contributed by atoms with Crippen molar-refractivity contribution in [3.63, 3.8) is 0 Å². The Kier molecular flexibility index (Phi) is 7.25. The van der Waals surface area contributed by atoms with Gasteiger partial charge < -0.3 is 20.4 Å². The monoisotopic (exact) mass is 451 g/mol. The number of methoxy groups -OCH3 is 1. The van der Waals surface area contributed by atoms with Crippen molar-refractivity contribution in [3.05, 3.63) is 30.0 Å². The molecule has 4 N–H and O–H groups in total. The first kappa shape index (κ1) is 23.4. The molecule has 2 aromatic rings. The first-order valence-electron chi connectivity index (χ1n) is 10.1. The second-order valence-electron chi connectivity index (χ2n) is 7.70. The third-order valence-corrected chi connectivity index (χ3v) is 5.35. The van der Waals surface area contributed by atoms with Gasteiger partial charge in [-0.2, -0.15) is 18.4 Å². The topological polar surface area (TPSA) is 119 Å². The number of aromatic nitrogens is 1. The molecule has 1 aliphatic rings. The van der Waals surface area contributed by atoms with Crippen LogP contribution >= 0.6 is 0 Å². The molecule has 0 bridgehead atoms. The van der Waals surface area contributed by atoms with Crippen molar-refractivity contribution < 1.29 is 27.5 Å². The maximum atomic E-state index is 13.1. The summed E-state index contributed by atoms with van der Waals surface area (Å²) in [5, 5.41) is 17.8. The predicted octanol–water partition coefficient (Wildman–Crippen LogP) is 2.24. The van der Waals surface area contributed by atoms with E-state index in [0.717, 1.165) is 0 Å². The number of hydrogen-bond donors (Lipinski definition) is 4. The van der Waals surface area contributed by atoms with E-state index in [1.165, 1.54) is 13.2 Å². The lowest BCUT2D eigenvalue weighted by atomic mass is 9.99. The van der Waals surface area contributed by atoms with Crippen LogP contribution in [0.1, 0.15) is 29.8 Å². The number of nitrogens with one attached hydrogen (secondary N) is 4. The Labute approximate surface area is 182 Å². The van der Waals surface area contributed by atoms with Crippen molar-refractivity contribution in [3.8, 4) is 11.8 Å². The zero-order chi connectivity index (χ0) is 23.3. The number of halogens is 3. The lowest BCUT2D eigenvalue weighted by Gasteiger charge is -2.22. The molecule has 0 spiro atoms. The molecule has 32 heavy (non-hydrogen) atoms. The molecule has 0 radical (unpaired) electrons. The zero-order valence-electron chi connectivity index (χ0n) is 17.4.